The van der Waals surface area contributed by atoms with Crippen molar-refractivity contribution in [2.24, 2.45) is 0 Å². The first kappa shape index (κ1) is 11.4. The summed E-state index contributed by atoms with van der Waals surface area (Å²) >= 11 is 0. The summed E-state index contributed by atoms with van der Waals surface area (Å²) in [6.45, 7) is 8.30. The van der Waals surface area contributed by atoms with Gasteiger partial charge in [0.1, 0.15) is 0 Å². The van der Waals surface area contributed by atoms with Crippen LogP contribution in [0, 0.1) is 0 Å². The average molecular weight is 219 g/mol. The predicted octanol–water partition coefficient (Wildman–Crippen LogP) is 2.49. The van der Waals surface area contributed by atoms with Crippen molar-refractivity contribution >= 4 is 0 Å². The molecule has 88 valence electrons. The number of imidazole rings is 1. The van der Waals surface area contributed by atoms with E-state index < -0.39 is 0 Å². The Morgan fingerprint density at radius 2 is 2.38 bits per heavy atom. The van der Waals surface area contributed by atoms with Gasteiger partial charge < -0.3 is 9.88 Å². The smallest absolute Gasteiger partial charge is 0.0950 e. The minimum absolute atomic E-state index is 0.477. The van der Waals surface area contributed by atoms with Crippen molar-refractivity contribution in [2.75, 3.05) is 13.1 Å². The Kier molecular flexibility index (Phi) is 3.78. The molecule has 0 radical (unpaired) electrons. The molecular weight excluding hydrogens is 198 g/mol. The molecule has 1 aromatic heterocycles. The minimum Gasteiger partial charge on any atom is -0.331 e. The molecule has 0 amide bonds. The molecule has 1 aliphatic rings. The van der Waals surface area contributed by atoms with E-state index in [9.17, 15) is 0 Å². The van der Waals surface area contributed by atoms with E-state index in [4.69, 9.17) is 0 Å². The van der Waals surface area contributed by atoms with Crippen LogP contribution in [0.15, 0.2) is 25.2 Å². The molecule has 0 aromatic carbocycles. The highest BCUT2D eigenvalue weighted by atomic mass is 15.1. The fourth-order valence-corrected chi connectivity index (χ4v) is 2.47. The Morgan fingerprint density at radius 1 is 1.62 bits per heavy atom. The van der Waals surface area contributed by atoms with E-state index in [1.165, 1.54) is 18.5 Å². The normalized spacial score (nSPS) is 19.6. The quantitative estimate of drug-likeness (QED) is 0.788. The number of hydrogen-bond acceptors (Lipinski definition) is 2. The molecule has 1 aromatic rings. The summed E-state index contributed by atoms with van der Waals surface area (Å²) in [6.07, 6.45) is 9.45. The number of piperidine rings is 1. The van der Waals surface area contributed by atoms with Crippen LogP contribution >= 0.6 is 0 Å². The highest BCUT2D eigenvalue weighted by Crippen LogP contribution is 2.27. The SMILES string of the molecule is C=CCC(C)n1cncc1C1CCNCC1. The molecule has 1 fully saturated rings. The molecule has 0 saturated carbocycles. The van der Waals surface area contributed by atoms with Crippen molar-refractivity contribution in [3.63, 3.8) is 0 Å². The average Bonchev–Trinajstić information content (AvgIpc) is 2.79. The molecular formula is C13H21N3. The predicted molar refractivity (Wildman–Crippen MR) is 66.6 cm³/mol. The van der Waals surface area contributed by atoms with Crippen molar-refractivity contribution < 1.29 is 0 Å². The molecule has 1 aliphatic heterocycles. The van der Waals surface area contributed by atoms with Gasteiger partial charge in [-0.3, -0.25) is 0 Å². The van der Waals surface area contributed by atoms with Gasteiger partial charge in [-0.1, -0.05) is 6.08 Å². The summed E-state index contributed by atoms with van der Waals surface area (Å²) in [5.74, 6) is 0.677. The lowest BCUT2D eigenvalue weighted by Gasteiger charge is -2.25. The Balaban J connectivity index is 2.13. The molecule has 3 heteroatoms. The fraction of sp³-hybridized carbons (Fsp3) is 0.615. The van der Waals surface area contributed by atoms with Crippen LogP contribution in [-0.2, 0) is 0 Å². The van der Waals surface area contributed by atoms with Gasteiger partial charge in [0, 0.05) is 23.9 Å². The Labute approximate surface area is 97.6 Å². The number of aromatic nitrogens is 2. The monoisotopic (exact) mass is 219 g/mol. The van der Waals surface area contributed by atoms with E-state index >= 15 is 0 Å². The third-order valence-electron chi connectivity index (χ3n) is 3.44. The summed E-state index contributed by atoms with van der Waals surface area (Å²) in [7, 11) is 0. The lowest BCUT2D eigenvalue weighted by atomic mass is 9.94. The summed E-state index contributed by atoms with van der Waals surface area (Å²) in [5, 5.41) is 3.40. The summed E-state index contributed by atoms with van der Waals surface area (Å²) in [5.41, 5.74) is 1.40. The van der Waals surface area contributed by atoms with Crippen molar-refractivity contribution in [1.82, 2.24) is 14.9 Å². The van der Waals surface area contributed by atoms with E-state index in [2.05, 4.69) is 28.4 Å². The van der Waals surface area contributed by atoms with Crippen LogP contribution < -0.4 is 5.32 Å². The number of hydrogen-bond donors (Lipinski definition) is 1. The summed E-state index contributed by atoms with van der Waals surface area (Å²) < 4.78 is 2.32. The van der Waals surface area contributed by atoms with Crippen molar-refractivity contribution in [3.8, 4) is 0 Å². The number of allylic oxidation sites excluding steroid dienone is 1. The highest BCUT2D eigenvalue weighted by molar-refractivity contribution is 5.09. The van der Waals surface area contributed by atoms with Gasteiger partial charge in [0.25, 0.3) is 0 Å². The minimum atomic E-state index is 0.477. The number of nitrogens with one attached hydrogen (secondary N) is 1. The van der Waals surface area contributed by atoms with Gasteiger partial charge in [0.2, 0.25) is 0 Å². The molecule has 1 saturated heterocycles. The summed E-state index contributed by atoms with van der Waals surface area (Å²) in [4.78, 5) is 4.31. The van der Waals surface area contributed by atoms with Gasteiger partial charge in [0.15, 0.2) is 0 Å². The van der Waals surface area contributed by atoms with Crippen LogP contribution in [0.3, 0.4) is 0 Å². The Bertz CT molecular complexity index is 337. The van der Waals surface area contributed by atoms with Crippen molar-refractivity contribution in [3.05, 3.63) is 30.9 Å². The van der Waals surface area contributed by atoms with Gasteiger partial charge in [-0.05, 0) is 39.3 Å². The zero-order chi connectivity index (χ0) is 11.4. The molecule has 2 rings (SSSR count). The third kappa shape index (κ3) is 2.35. The first-order chi connectivity index (χ1) is 7.83. The molecule has 0 aliphatic carbocycles. The lowest BCUT2D eigenvalue weighted by Crippen LogP contribution is -2.28. The Morgan fingerprint density at radius 3 is 3.06 bits per heavy atom. The third-order valence-corrected chi connectivity index (χ3v) is 3.44. The second-order valence-corrected chi connectivity index (χ2v) is 4.62. The number of nitrogens with zero attached hydrogens (tertiary/aromatic N) is 2. The Hall–Kier alpha value is -1.09. The van der Waals surface area contributed by atoms with Crippen LogP contribution in [0.1, 0.15) is 43.8 Å². The van der Waals surface area contributed by atoms with Crippen LogP contribution in [0.4, 0.5) is 0 Å². The zero-order valence-corrected chi connectivity index (χ0v) is 10.0. The van der Waals surface area contributed by atoms with E-state index in [-0.39, 0.29) is 0 Å². The van der Waals surface area contributed by atoms with Crippen LogP contribution in [0.2, 0.25) is 0 Å². The molecule has 0 spiro atoms. The van der Waals surface area contributed by atoms with Crippen LogP contribution in [0.5, 0.6) is 0 Å². The molecule has 16 heavy (non-hydrogen) atoms. The fourth-order valence-electron chi connectivity index (χ4n) is 2.47. The van der Waals surface area contributed by atoms with Crippen molar-refractivity contribution in [1.29, 1.82) is 0 Å². The highest BCUT2D eigenvalue weighted by Gasteiger charge is 2.20. The maximum atomic E-state index is 4.31. The largest absolute Gasteiger partial charge is 0.331 e. The van der Waals surface area contributed by atoms with Gasteiger partial charge >= 0.3 is 0 Å². The molecule has 1 unspecified atom stereocenters. The second kappa shape index (κ2) is 5.30. The summed E-state index contributed by atoms with van der Waals surface area (Å²) in [6, 6.07) is 0.477. The molecule has 3 nitrogen and oxygen atoms in total. The topological polar surface area (TPSA) is 29.9 Å². The standard InChI is InChI=1S/C13H21N3/c1-3-4-11(2)16-10-15-9-13(16)12-5-7-14-8-6-12/h3,9-12,14H,1,4-8H2,2H3. The molecule has 2 heterocycles. The van der Waals surface area contributed by atoms with E-state index in [1.54, 1.807) is 0 Å². The van der Waals surface area contributed by atoms with E-state index in [0.717, 1.165) is 19.5 Å². The maximum absolute atomic E-state index is 4.31. The zero-order valence-electron chi connectivity index (χ0n) is 10.0. The molecule has 0 bridgehead atoms. The van der Waals surface area contributed by atoms with E-state index in [0.29, 0.717) is 12.0 Å². The maximum Gasteiger partial charge on any atom is 0.0950 e. The first-order valence-corrected chi connectivity index (χ1v) is 6.16. The lowest BCUT2D eigenvalue weighted by molar-refractivity contribution is 0.423. The van der Waals surface area contributed by atoms with Gasteiger partial charge in [0.05, 0.1) is 6.33 Å². The van der Waals surface area contributed by atoms with Crippen molar-refractivity contribution in [2.45, 2.75) is 38.1 Å². The van der Waals surface area contributed by atoms with Crippen LogP contribution in [0.25, 0.3) is 0 Å². The van der Waals surface area contributed by atoms with Gasteiger partial charge in [-0.15, -0.1) is 6.58 Å². The first-order valence-electron chi connectivity index (χ1n) is 6.16. The van der Waals surface area contributed by atoms with Gasteiger partial charge in [-0.25, -0.2) is 4.98 Å². The molecule has 1 atom stereocenters. The van der Waals surface area contributed by atoms with E-state index in [1.807, 2.05) is 18.6 Å². The van der Waals surface area contributed by atoms with Gasteiger partial charge in [-0.2, -0.15) is 0 Å². The number of rotatable bonds is 4. The van der Waals surface area contributed by atoms with Crippen LogP contribution in [-0.4, -0.2) is 22.6 Å². The molecule has 1 N–H and O–H groups in total. The second-order valence-electron chi connectivity index (χ2n) is 4.62.